The van der Waals surface area contributed by atoms with Crippen LogP contribution in [0.4, 0.5) is 17.3 Å². The molecule has 0 bridgehead atoms. The molecule has 4 rings (SSSR count). The van der Waals surface area contributed by atoms with Gasteiger partial charge in [0.1, 0.15) is 16.5 Å². The van der Waals surface area contributed by atoms with Gasteiger partial charge in [-0.15, -0.1) is 0 Å². The maximum atomic E-state index is 6.39. The van der Waals surface area contributed by atoms with Crippen LogP contribution in [0.2, 0.25) is 10.0 Å². The second-order valence-corrected chi connectivity index (χ2v) is 8.73. The smallest absolute Gasteiger partial charge is 0.227 e. The number of anilines is 3. The number of piperazine rings is 1. The summed E-state index contributed by atoms with van der Waals surface area (Å²) in [6, 6.07) is 12.0. The van der Waals surface area contributed by atoms with Gasteiger partial charge >= 0.3 is 0 Å². The number of nitrogens with zero attached hydrogens (tertiary/aromatic N) is 4. The zero-order chi connectivity index (χ0) is 23.4. The fourth-order valence-corrected chi connectivity index (χ4v) is 4.18. The Morgan fingerprint density at radius 1 is 0.970 bits per heavy atom. The van der Waals surface area contributed by atoms with Gasteiger partial charge in [0.15, 0.2) is 0 Å². The van der Waals surface area contributed by atoms with Crippen molar-refractivity contribution in [3.8, 4) is 11.5 Å². The first kappa shape index (κ1) is 23.4. The lowest BCUT2D eigenvalue weighted by molar-refractivity contribution is 0.313. The second-order valence-electron chi connectivity index (χ2n) is 7.94. The summed E-state index contributed by atoms with van der Waals surface area (Å²) >= 11 is 12.7. The lowest BCUT2D eigenvalue weighted by atomic mass is 10.1. The molecule has 1 saturated heterocycles. The Hall–Kier alpha value is -2.74. The number of nitrogens with one attached hydrogen (secondary N) is 1. The fraction of sp³-hybridized carbons (Fsp3) is 0.333. The molecule has 0 unspecified atom stereocenters. The lowest BCUT2D eigenvalue weighted by Crippen LogP contribution is -2.44. The molecule has 1 aliphatic heterocycles. The summed E-state index contributed by atoms with van der Waals surface area (Å²) in [6.07, 6.45) is 2.08. The Labute approximate surface area is 204 Å². The summed E-state index contributed by atoms with van der Waals surface area (Å²) in [5.74, 6) is 1.56. The molecule has 0 spiro atoms. The topological polar surface area (TPSA) is 62.8 Å². The Kier molecular flexibility index (Phi) is 7.42. The van der Waals surface area contributed by atoms with E-state index in [1.807, 2.05) is 24.3 Å². The molecule has 2 aromatic carbocycles. The highest BCUT2D eigenvalue weighted by Gasteiger charge is 2.15. The number of halogens is 2. The van der Waals surface area contributed by atoms with Crippen molar-refractivity contribution in [3.05, 3.63) is 63.9 Å². The van der Waals surface area contributed by atoms with E-state index in [0.717, 1.165) is 37.4 Å². The second kappa shape index (κ2) is 10.5. The van der Waals surface area contributed by atoms with Gasteiger partial charge in [-0.3, -0.25) is 0 Å². The number of methoxy groups -OCH3 is 2. The van der Waals surface area contributed by atoms with Crippen LogP contribution < -0.4 is 19.7 Å². The van der Waals surface area contributed by atoms with Gasteiger partial charge < -0.3 is 24.6 Å². The molecule has 1 N–H and O–H groups in total. The Morgan fingerprint density at radius 3 is 2.21 bits per heavy atom. The predicted octanol–water partition coefficient (Wildman–Crippen LogP) is 4.89. The normalized spacial score (nSPS) is 14.3. The molecule has 0 radical (unpaired) electrons. The summed E-state index contributed by atoms with van der Waals surface area (Å²) in [7, 11) is 5.29. The molecule has 7 nitrogen and oxygen atoms in total. The van der Waals surface area contributed by atoms with E-state index in [1.165, 1.54) is 5.69 Å². The molecule has 1 aromatic heterocycles. The molecule has 33 heavy (non-hydrogen) atoms. The largest absolute Gasteiger partial charge is 0.495 e. The van der Waals surface area contributed by atoms with E-state index in [2.05, 4.69) is 44.3 Å². The quantitative estimate of drug-likeness (QED) is 0.508. The van der Waals surface area contributed by atoms with E-state index in [9.17, 15) is 0 Å². The summed E-state index contributed by atoms with van der Waals surface area (Å²) in [5, 5.41) is 4.19. The van der Waals surface area contributed by atoms with E-state index in [1.54, 1.807) is 20.4 Å². The minimum Gasteiger partial charge on any atom is -0.495 e. The number of likely N-dealkylation sites (N-methyl/N-ethyl adjacent to an activating group) is 1. The van der Waals surface area contributed by atoms with Crippen molar-refractivity contribution in [1.82, 2.24) is 14.9 Å². The molecule has 0 amide bonds. The molecular formula is C24H27Cl2N5O2. The molecular weight excluding hydrogens is 461 g/mol. The molecule has 1 aliphatic rings. The van der Waals surface area contributed by atoms with Gasteiger partial charge in [0.05, 0.1) is 31.1 Å². The average molecular weight is 488 g/mol. The van der Waals surface area contributed by atoms with Crippen LogP contribution in [-0.2, 0) is 6.42 Å². The Balaban J connectivity index is 1.49. The van der Waals surface area contributed by atoms with Crippen LogP contribution in [0.25, 0.3) is 0 Å². The first-order valence-corrected chi connectivity index (χ1v) is 11.4. The minimum absolute atomic E-state index is 0.430. The van der Waals surface area contributed by atoms with Crippen LogP contribution in [0.3, 0.4) is 0 Å². The third-order valence-corrected chi connectivity index (χ3v) is 6.37. The molecule has 174 valence electrons. The van der Waals surface area contributed by atoms with E-state index in [-0.39, 0.29) is 0 Å². The van der Waals surface area contributed by atoms with Gasteiger partial charge in [-0.1, -0.05) is 23.2 Å². The van der Waals surface area contributed by atoms with Gasteiger partial charge in [0.25, 0.3) is 0 Å². The highest BCUT2D eigenvalue weighted by Crippen LogP contribution is 2.36. The fourth-order valence-electron chi connectivity index (χ4n) is 3.76. The van der Waals surface area contributed by atoms with E-state index >= 15 is 0 Å². The molecule has 0 atom stereocenters. The number of benzene rings is 2. The third-order valence-electron chi connectivity index (χ3n) is 5.69. The van der Waals surface area contributed by atoms with Crippen molar-refractivity contribution in [2.45, 2.75) is 6.42 Å². The molecule has 9 heteroatoms. The Bertz CT molecular complexity index is 1080. The zero-order valence-corrected chi connectivity index (χ0v) is 20.5. The van der Waals surface area contributed by atoms with Crippen molar-refractivity contribution in [2.75, 3.05) is 57.7 Å². The molecule has 0 aliphatic carbocycles. The molecule has 3 aromatic rings. The van der Waals surface area contributed by atoms with Gasteiger partial charge in [-0.2, -0.15) is 0 Å². The first-order chi connectivity index (χ1) is 16.0. The number of rotatable bonds is 7. The standard InChI is InChI=1S/C24H27Cl2N5O2/c1-30-8-10-31(11-9-30)18-6-4-17(5-7-18)28-24-27-15-19(25)20(29-24)12-16-13-21(32-2)23(26)22(14-16)33-3/h4-7,13-15H,8-12H2,1-3H3,(H,27,28,29). The minimum atomic E-state index is 0.430. The number of aromatic nitrogens is 2. The van der Waals surface area contributed by atoms with Crippen molar-refractivity contribution >= 4 is 40.5 Å². The number of hydrogen-bond acceptors (Lipinski definition) is 7. The van der Waals surface area contributed by atoms with E-state index in [4.69, 9.17) is 32.7 Å². The first-order valence-electron chi connectivity index (χ1n) is 10.7. The summed E-state index contributed by atoms with van der Waals surface area (Å²) in [6.45, 7) is 4.22. The lowest BCUT2D eigenvalue weighted by Gasteiger charge is -2.34. The molecule has 0 saturated carbocycles. The van der Waals surface area contributed by atoms with E-state index < -0.39 is 0 Å². The third kappa shape index (κ3) is 5.61. The van der Waals surface area contributed by atoms with Gasteiger partial charge in [0.2, 0.25) is 5.95 Å². The molecule has 1 fully saturated rings. The van der Waals surface area contributed by atoms with Crippen molar-refractivity contribution in [2.24, 2.45) is 0 Å². The van der Waals surface area contributed by atoms with Crippen LogP contribution in [0.5, 0.6) is 11.5 Å². The van der Waals surface area contributed by atoms with Gasteiger partial charge in [-0.05, 0) is 49.0 Å². The van der Waals surface area contributed by atoms with Crippen LogP contribution >= 0.6 is 23.2 Å². The maximum absolute atomic E-state index is 6.39. The van der Waals surface area contributed by atoms with Crippen LogP contribution in [0, 0.1) is 0 Å². The zero-order valence-electron chi connectivity index (χ0n) is 18.9. The SMILES string of the molecule is COc1cc(Cc2nc(Nc3ccc(N4CCN(C)CC4)cc3)ncc2Cl)cc(OC)c1Cl. The van der Waals surface area contributed by atoms with Gasteiger partial charge in [-0.25, -0.2) is 9.97 Å². The molecule has 2 heterocycles. The van der Waals surface area contributed by atoms with Crippen LogP contribution in [0.15, 0.2) is 42.6 Å². The highest BCUT2D eigenvalue weighted by molar-refractivity contribution is 6.33. The summed E-state index contributed by atoms with van der Waals surface area (Å²) in [5.41, 5.74) is 3.74. The van der Waals surface area contributed by atoms with Gasteiger partial charge in [0, 0.05) is 44.0 Å². The summed E-state index contributed by atoms with van der Waals surface area (Å²) in [4.78, 5) is 13.7. The maximum Gasteiger partial charge on any atom is 0.227 e. The number of ether oxygens (including phenoxy) is 2. The van der Waals surface area contributed by atoms with E-state index in [0.29, 0.717) is 39.6 Å². The van der Waals surface area contributed by atoms with Crippen LogP contribution in [0.1, 0.15) is 11.3 Å². The summed E-state index contributed by atoms with van der Waals surface area (Å²) < 4.78 is 10.7. The van der Waals surface area contributed by atoms with Crippen molar-refractivity contribution in [1.29, 1.82) is 0 Å². The average Bonchev–Trinajstić information content (AvgIpc) is 2.83. The Morgan fingerprint density at radius 2 is 1.61 bits per heavy atom. The highest BCUT2D eigenvalue weighted by atomic mass is 35.5. The number of hydrogen-bond donors (Lipinski definition) is 1. The predicted molar refractivity (Wildman–Crippen MR) is 134 cm³/mol. The van der Waals surface area contributed by atoms with Crippen molar-refractivity contribution < 1.29 is 9.47 Å². The van der Waals surface area contributed by atoms with Crippen molar-refractivity contribution in [3.63, 3.8) is 0 Å². The van der Waals surface area contributed by atoms with Crippen LogP contribution in [-0.4, -0.2) is 62.3 Å². The monoisotopic (exact) mass is 487 g/mol.